The molecular weight excluding hydrogens is 208 g/mol. The Bertz CT molecular complexity index is 193. The summed E-state index contributed by atoms with van der Waals surface area (Å²) in [6.07, 6.45) is 5.21. The minimum absolute atomic E-state index is 0.606. The number of nitrogens with one attached hydrogen (secondary N) is 1. The summed E-state index contributed by atoms with van der Waals surface area (Å²) >= 11 is 5.38. The number of hydrogen-bond acceptors (Lipinski definition) is 2. The Hall–Kier alpha value is -0.350. The fourth-order valence-electron chi connectivity index (χ4n) is 1.94. The third-order valence-electron chi connectivity index (χ3n) is 2.92. The SMILES string of the molecule is CCN(CCOC)C(=S)NC1CCCC1. The Morgan fingerprint density at radius 1 is 1.47 bits per heavy atom. The minimum Gasteiger partial charge on any atom is -0.383 e. The molecule has 0 aromatic heterocycles. The first-order valence-electron chi connectivity index (χ1n) is 5.82. The molecule has 0 aromatic rings. The van der Waals surface area contributed by atoms with Crippen molar-refractivity contribution >= 4 is 17.3 Å². The number of ether oxygens (including phenoxy) is 1. The van der Waals surface area contributed by atoms with E-state index >= 15 is 0 Å². The Morgan fingerprint density at radius 3 is 2.67 bits per heavy atom. The number of nitrogens with zero attached hydrogens (tertiary/aromatic N) is 1. The van der Waals surface area contributed by atoms with E-state index in [2.05, 4.69) is 17.1 Å². The van der Waals surface area contributed by atoms with Gasteiger partial charge >= 0.3 is 0 Å². The molecule has 0 aromatic carbocycles. The van der Waals surface area contributed by atoms with Crippen LogP contribution in [0.3, 0.4) is 0 Å². The van der Waals surface area contributed by atoms with Gasteiger partial charge in [-0.3, -0.25) is 0 Å². The largest absolute Gasteiger partial charge is 0.383 e. The van der Waals surface area contributed by atoms with Crippen molar-refractivity contribution in [3.8, 4) is 0 Å². The molecule has 15 heavy (non-hydrogen) atoms. The lowest BCUT2D eigenvalue weighted by molar-refractivity contribution is 0.177. The van der Waals surface area contributed by atoms with E-state index < -0.39 is 0 Å². The van der Waals surface area contributed by atoms with Crippen LogP contribution in [0, 0.1) is 0 Å². The van der Waals surface area contributed by atoms with Gasteiger partial charge in [0.25, 0.3) is 0 Å². The number of rotatable bonds is 5. The molecule has 0 unspecified atom stereocenters. The van der Waals surface area contributed by atoms with Crippen LogP contribution < -0.4 is 5.32 Å². The molecule has 0 spiro atoms. The van der Waals surface area contributed by atoms with Crippen LogP contribution in [0.15, 0.2) is 0 Å². The highest BCUT2D eigenvalue weighted by Gasteiger charge is 2.17. The van der Waals surface area contributed by atoms with Crippen LogP contribution in [0.4, 0.5) is 0 Å². The fraction of sp³-hybridized carbons (Fsp3) is 0.909. The number of thiocarbonyl (C=S) groups is 1. The number of methoxy groups -OCH3 is 1. The van der Waals surface area contributed by atoms with Gasteiger partial charge in [-0.05, 0) is 32.0 Å². The summed E-state index contributed by atoms with van der Waals surface area (Å²) in [5, 5.41) is 4.33. The Balaban J connectivity index is 2.28. The maximum atomic E-state index is 5.38. The highest BCUT2D eigenvalue weighted by molar-refractivity contribution is 7.80. The summed E-state index contributed by atoms with van der Waals surface area (Å²) in [7, 11) is 1.72. The zero-order valence-corrected chi connectivity index (χ0v) is 10.6. The molecule has 0 saturated heterocycles. The topological polar surface area (TPSA) is 24.5 Å². The molecule has 0 atom stereocenters. The number of likely N-dealkylation sites (N-methyl/N-ethyl adjacent to an activating group) is 1. The van der Waals surface area contributed by atoms with Crippen molar-refractivity contribution in [1.82, 2.24) is 10.2 Å². The highest BCUT2D eigenvalue weighted by Crippen LogP contribution is 2.17. The van der Waals surface area contributed by atoms with Crippen LogP contribution in [0.5, 0.6) is 0 Å². The molecule has 1 saturated carbocycles. The maximum Gasteiger partial charge on any atom is 0.169 e. The van der Waals surface area contributed by atoms with Crippen LogP contribution in [-0.2, 0) is 4.74 Å². The van der Waals surface area contributed by atoms with Crippen molar-refractivity contribution < 1.29 is 4.74 Å². The molecule has 1 aliphatic rings. The van der Waals surface area contributed by atoms with Crippen LogP contribution in [0.2, 0.25) is 0 Å². The van der Waals surface area contributed by atoms with Crippen LogP contribution in [0.1, 0.15) is 32.6 Å². The van der Waals surface area contributed by atoms with E-state index in [4.69, 9.17) is 17.0 Å². The molecular formula is C11H22N2OS. The molecule has 1 N–H and O–H groups in total. The molecule has 0 aliphatic heterocycles. The predicted molar refractivity (Wildman–Crippen MR) is 67.1 cm³/mol. The van der Waals surface area contributed by atoms with Gasteiger partial charge in [0.15, 0.2) is 5.11 Å². The highest BCUT2D eigenvalue weighted by atomic mass is 32.1. The molecule has 1 rings (SSSR count). The number of hydrogen-bond donors (Lipinski definition) is 1. The maximum absolute atomic E-state index is 5.38. The first-order chi connectivity index (χ1) is 7.27. The summed E-state index contributed by atoms with van der Waals surface area (Å²) in [6.45, 7) is 4.69. The zero-order valence-electron chi connectivity index (χ0n) is 9.79. The Kier molecular flexibility index (Phi) is 5.95. The second-order valence-electron chi connectivity index (χ2n) is 4.00. The van der Waals surface area contributed by atoms with Gasteiger partial charge in [0, 0.05) is 26.2 Å². The lowest BCUT2D eigenvalue weighted by atomic mass is 10.2. The van der Waals surface area contributed by atoms with Gasteiger partial charge in [0.2, 0.25) is 0 Å². The van der Waals surface area contributed by atoms with E-state index in [9.17, 15) is 0 Å². The second-order valence-corrected chi connectivity index (χ2v) is 4.39. The van der Waals surface area contributed by atoms with E-state index in [1.54, 1.807) is 7.11 Å². The third-order valence-corrected chi connectivity index (χ3v) is 3.29. The van der Waals surface area contributed by atoms with Crippen LogP contribution in [-0.4, -0.2) is 42.9 Å². The first kappa shape index (κ1) is 12.7. The molecule has 0 radical (unpaired) electrons. The average molecular weight is 230 g/mol. The Morgan fingerprint density at radius 2 is 2.13 bits per heavy atom. The van der Waals surface area contributed by atoms with E-state index in [0.717, 1.165) is 24.8 Å². The predicted octanol–water partition coefficient (Wildman–Crippen LogP) is 1.77. The lowest BCUT2D eigenvalue weighted by Gasteiger charge is -2.26. The summed E-state index contributed by atoms with van der Waals surface area (Å²) in [4.78, 5) is 2.16. The Labute approximate surface area is 98.2 Å². The van der Waals surface area contributed by atoms with E-state index in [0.29, 0.717) is 6.04 Å². The van der Waals surface area contributed by atoms with Gasteiger partial charge in [0.1, 0.15) is 0 Å². The lowest BCUT2D eigenvalue weighted by Crippen LogP contribution is -2.44. The molecule has 0 heterocycles. The molecule has 3 nitrogen and oxygen atoms in total. The van der Waals surface area contributed by atoms with E-state index in [1.165, 1.54) is 25.7 Å². The van der Waals surface area contributed by atoms with Crippen molar-refractivity contribution in [2.75, 3.05) is 26.8 Å². The van der Waals surface area contributed by atoms with Crippen molar-refractivity contribution in [3.05, 3.63) is 0 Å². The first-order valence-corrected chi connectivity index (χ1v) is 6.23. The fourth-order valence-corrected chi connectivity index (χ4v) is 2.33. The van der Waals surface area contributed by atoms with E-state index in [-0.39, 0.29) is 0 Å². The van der Waals surface area contributed by atoms with Gasteiger partial charge < -0.3 is 15.0 Å². The summed E-state index contributed by atoms with van der Waals surface area (Å²) < 4.78 is 5.07. The van der Waals surface area contributed by atoms with Crippen LogP contribution in [0.25, 0.3) is 0 Å². The smallest absolute Gasteiger partial charge is 0.169 e. The molecule has 4 heteroatoms. The van der Waals surface area contributed by atoms with Gasteiger partial charge in [-0.2, -0.15) is 0 Å². The molecule has 1 aliphatic carbocycles. The molecule has 0 amide bonds. The monoisotopic (exact) mass is 230 g/mol. The molecule has 0 bridgehead atoms. The quantitative estimate of drug-likeness (QED) is 0.728. The van der Waals surface area contributed by atoms with Gasteiger partial charge in [-0.25, -0.2) is 0 Å². The van der Waals surface area contributed by atoms with Crippen molar-refractivity contribution in [2.24, 2.45) is 0 Å². The summed E-state index contributed by atoms with van der Waals surface area (Å²) in [5.74, 6) is 0. The van der Waals surface area contributed by atoms with Gasteiger partial charge in [-0.15, -0.1) is 0 Å². The van der Waals surface area contributed by atoms with Gasteiger partial charge in [0.05, 0.1) is 6.61 Å². The van der Waals surface area contributed by atoms with Crippen molar-refractivity contribution in [1.29, 1.82) is 0 Å². The van der Waals surface area contributed by atoms with Crippen molar-refractivity contribution in [3.63, 3.8) is 0 Å². The van der Waals surface area contributed by atoms with Gasteiger partial charge in [-0.1, -0.05) is 12.8 Å². The van der Waals surface area contributed by atoms with Crippen molar-refractivity contribution in [2.45, 2.75) is 38.6 Å². The standard InChI is InChI=1S/C11H22N2OS/c1-3-13(8-9-14-2)11(15)12-10-6-4-5-7-10/h10H,3-9H2,1-2H3,(H,12,15). The summed E-state index contributed by atoms with van der Waals surface area (Å²) in [5.41, 5.74) is 0. The average Bonchev–Trinajstić information content (AvgIpc) is 2.71. The van der Waals surface area contributed by atoms with E-state index in [1.807, 2.05) is 0 Å². The molecule has 1 fully saturated rings. The third kappa shape index (κ3) is 4.34. The van der Waals surface area contributed by atoms with Crippen LogP contribution >= 0.6 is 12.2 Å². The second kappa shape index (κ2) is 7.01. The minimum atomic E-state index is 0.606. The molecule has 88 valence electrons. The zero-order chi connectivity index (χ0) is 11.1. The normalized spacial score (nSPS) is 16.7. The summed E-state index contributed by atoms with van der Waals surface area (Å²) in [6, 6.07) is 0.606.